The summed E-state index contributed by atoms with van der Waals surface area (Å²) in [5.74, 6) is 0.973. The molecule has 110 valence electrons. The van der Waals surface area contributed by atoms with Crippen LogP contribution in [0.25, 0.3) is 0 Å². The van der Waals surface area contributed by atoms with E-state index in [-0.39, 0.29) is 24.8 Å². The van der Waals surface area contributed by atoms with Crippen LogP contribution < -0.4 is 10.3 Å². The highest BCUT2D eigenvalue weighted by Gasteiger charge is 2.66. The highest BCUT2D eigenvalue weighted by atomic mass is 16.7. The van der Waals surface area contributed by atoms with E-state index in [2.05, 4.69) is 18.8 Å². The Morgan fingerprint density at radius 3 is 2.48 bits per heavy atom. The van der Waals surface area contributed by atoms with E-state index in [0.29, 0.717) is 29.7 Å². The quantitative estimate of drug-likeness (QED) is 0.602. The Morgan fingerprint density at radius 2 is 1.95 bits per heavy atom. The molecule has 0 amide bonds. The Morgan fingerprint density at radius 1 is 1.29 bits per heavy atom. The average molecular weight is 289 g/mol. The van der Waals surface area contributed by atoms with E-state index in [4.69, 9.17) is 14.0 Å². The van der Waals surface area contributed by atoms with Crippen LogP contribution in [0.4, 0.5) is 0 Å². The summed E-state index contributed by atoms with van der Waals surface area (Å²) in [6.07, 6.45) is 1.81. The van der Waals surface area contributed by atoms with Crippen molar-refractivity contribution in [1.29, 1.82) is 0 Å². The van der Waals surface area contributed by atoms with Crippen molar-refractivity contribution in [3.05, 3.63) is 24.1 Å². The Kier molecular flexibility index (Phi) is 3.27. The van der Waals surface area contributed by atoms with Crippen molar-refractivity contribution in [3.8, 4) is 5.75 Å². The first kappa shape index (κ1) is 13.8. The van der Waals surface area contributed by atoms with Crippen molar-refractivity contribution in [2.75, 3.05) is 6.61 Å². The number of nitrogens with zero attached hydrogens (tertiary/aromatic N) is 1. The summed E-state index contributed by atoms with van der Waals surface area (Å²) in [5.41, 5.74) is 0.457. The van der Waals surface area contributed by atoms with E-state index in [0.717, 1.165) is 0 Å². The molecular weight excluding hydrogens is 273 g/mol. The molecule has 6 nitrogen and oxygen atoms in total. The zero-order valence-electron chi connectivity index (χ0n) is 12.0. The first-order valence-corrected chi connectivity index (χ1v) is 7.02. The van der Waals surface area contributed by atoms with Crippen LogP contribution in [0.15, 0.2) is 18.3 Å². The van der Waals surface area contributed by atoms with Crippen LogP contribution in [0, 0.1) is 11.7 Å². The van der Waals surface area contributed by atoms with Crippen molar-refractivity contribution >= 4 is 24.1 Å². The van der Waals surface area contributed by atoms with Gasteiger partial charge in [-0.3, -0.25) is 14.6 Å². The van der Waals surface area contributed by atoms with Gasteiger partial charge in [0.25, 0.3) is 0 Å². The third kappa shape index (κ3) is 2.43. The highest BCUT2D eigenvalue weighted by Crippen LogP contribution is 2.39. The maximum absolute atomic E-state index is 11.5. The molecule has 0 spiro atoms. The summed E-state index contributed by atoms with van der Waals surface area (Å²) in [5, 5.41) is 0. The zero-order chi connectivity index (χ0) is 15.0. The number of aromatic nitrogens is 1. The predicted octanol–water partition coefficient (Wildman–Crippen LogP) is 0.773. The summed E-state index contributed by atoms with van der Waals surface area (Å²) in [6.45, 7) is 2.52. The topological polar surface area (TPSA) is 74.7 Å². The Balaban J connectivity index is 1.82. The van der Waals surface area contributed by atoms with Gasteiger partial charge in [0, 0.05) is 11.4 Å². The van der Waals surface area contributed by atoms with Gasteiger partial charge in [0.15, 0.2) is 0 Å². The lowest BCUT2D eigenvalue weighted by Gasteiger charge is -2.24. The molecule has 3 rings (SSSR count). The van der Waals surface area contributed by atoms with Gasteiger partial charge in [0.2, 0.25) is 0 Å². The largest absolute Gasteiger partial charge is 0.609 e. The number of hydrogen-bond acceptors (Lipinski definition) is 6. The van der Waals surface area contributed by atoms with E-state index in [1.54, 1.807) is 18.3 Å². The fourth-order valence-corrected chi connectivity index (χ4v) is 2.64. The lowest BCUT2D eigenvalue weighted by Crippen LogP contribution is -2.53. The number of ether oxygens (including phenoxy) is 1. The minimum absolute atomic E-state index is 0.124. The van der Waals surface area contributed by atoms with Gasteiger partial charge in [-0.15, -0.1) is 0 Å². The van der Waals surface area contributed by atoms with Gasteiger partial charge in [-0.05, 0) is 12.0 Å². The fraction of sp³-hybridized carbons (Fsp3) is 0.429. The maximum Gasteiger partial charge on any atom is 0.606 e. The Hall–Kier alpha value is -2.18. The van der Waals surface area contributed by atoms with Crippen LogP contribution in [-0.2, 0) is 18.9 Å². The summed E-state index contributed by atoms with van der Waals surface area (Å²) in [6, 6.07) is 3.43. The normalized spacial score (nSPS) is 19.5. The Labute approximate surface area is 122 Å². The molecule has 0 unspecified atom stereocenters. The average Bonchev–Trinajstić information content (AvgIpc) is 2.88. The molecule has 2 aliphatic heterocycles. The third-order valence-corrected chi connectivity index (χ3v) is 3.61. The van der Waals surface area contributed by atoms with E-state index in [1.165, 1.54) is 0 Å². The molecular formula is C14H16BNO5. The molecule has 0 aromatic carbocycles. The molecule has 2 aliphatic rings. The van der Waals surface area contributed by atoms with Crippen molar-refractivity contribution in [2.24, 2.45) is 5.92 Å². The summed E-state index contributed by atoms with van der Waals surface area (Å²) in [7, 11) is 0. The molecule has 0 radical (unpaired) electrons. The number of rotatable bonds is 4. The number of fused-ring (bicyclic) bond motifs is 1. The number of hydrogen-bond donors (Lipinski definition) is 0. The molecule has 0 N–H and O–H groups in total. The molecule has 2 fully saturated rings. The molecule has 0 saturated carbocycles. The molecule has 21 heavy (non-hydrogen) atoms. The molecule has 3 heterocycles. The summed E-state index contributed by atoms with van der Waals surface area (Å²) in [4.78, 5) is 27.3. The second kappa shape index (κ2) is 4.98. The van der Waals surface area contributed by atoms with Gasteiger partial charge in [-0.25, -0.2) is 0 Å². The number of carbonyl (C=O) groups is 2. The van der Waals surface area contributed by atoms with Crippen LogP contribution in [0.5, 0.6) is 5.75 Å². The third-order valence-electron chi connectivity index (χ3n) is 3.61. The highest BCUT2D eigenvalue weighted by molar-refractivity contribution is 6.90. The maximum atomic E-state index is 11.5. The second-order valence-electron chi connectivity index (χ2n) is 5.83. The molecule has 0 bridgehead atoms. The first-order valence-electron chi connectivity index (χ1n) is 7.02. The standard InChI is InChI=1S/C14H16BNO5/c1-9(2)8-19-11-3-4-12(16-7-11)15-10(5-13(17)20-15)6-14(18)21-15/h3-4,7,9H,5-6,8H2,1-2H3. The van der Waals surface area contributed by atoms with Gasteiger partial charge < -0.3 is 14.0 Å². The molecule has 0 aliphatic carbocycles. The fourth-order valence-electron chi connectivity index (χ4n) is 2.64. The summed E-state index contributed by atoms with van der Waals surface area (Å²) >= 11 is 0. The zero-order valence-corrected chi connectivity index (χ0v) is 12.0. The van der Waals surface area contributed by atoms with Gasteiger partial charge in [0.05, 0.1) is 12.8 Å². The lowest BCUT2D eigenvalue weighted by molar-refractivity contribution is -0.138. The lowest BCUT2D eigenvalue weighted by atomic mass is 9.46. The molecule has 7 heteroatoms. The van der Waals surface area contributed by atoms with E-state index < -0.39 is 6.55 Å². The minimum atomic E-state index is -2.19. The van der Waals surface area contributed by atoms with E-state index in [9.17, 15) is 9.59 Å². The van der Waals surface area contributed by atoms with Crippen LogP contribution in [-0.4, -0.2) is 30.1 Å². The smallest absolute Gasteiger partial charge is 0.606 e. The van der Waals surface area contributed by atoms with Crippen molar-refractivity contribution in [2.45, 2.75) is 26.7 Å². The van der Waals surface area contributed by atoms with Crippen LogP contribution >= 0.6 is 0 Å². The second-order valence-corrected chi connectivity index (χ2v) is 5.83. The minimum Gasteiger partial charge on any atom is -0.609 e. The van der Waals surface area contributed by atoms with E-state index >= 15 is 0 Å². The van der Waals surface area contributed by atoms with E-state index in [1.807, 2.05) is 0 Å². The van der Waals surface area contributed by atoms with Gasteiger partial charge in [-0.1, -0.05) is 19.9 Å². The monoisotopic (exact) mass is 289 g/mol. The Bertz CT molecular complexity index is 551. The van der Waals surface area contributed by atoms with Gasteiger partial charge in [0.1, 0.15) is 18.6 Å². The van der Waals surface area contributed by atoms with Crippen molar-refractivity contribution in [1.82, 2.24) is 4.98 Å². The first-order chi connectivity index (χ1) is 9.99. The number of carbonyl (C=O) groups excluding carboxylic acids is 2. The van der Waals surface area contributed by atoms with Gasteiger partial charge >= 0.3 is 18.5 Å². The number of pyridine rings is 1. The van der Waals surface area contributed by atoms with Crippen LogP contribution in [0.1, 0.15) is 26.7 Å². The van der Waals surface area contributed by atoms with Crippen LogP contribution in [0.3, 0.4) is 0 Å². The molecule has 2 saturated heterocycles. The van der Waals surface area contributed by atoms with Crippen molar-refractivity contribution in [3.63, 3.8) is 0 Å². The van der Waals surface area contributed by atoms with Crippen molar-refractivity contribution < 1.29 is 23.6 Å². The predicted molar refractivity (Wildman–Crippen MR) is 74.6 cm³/mol. The van der Waals surface area contributed by atoms with Gasteiger partial charge in [-0.2, -0.15) is 0 Å². The van der Waals surface area contributed by atoms with Crippen LogP contribution in [0.2, 0.25) is 0 Å². The molecule has 0 atom stereocenters. The summed E-state index contributed by atoms with van der Waals surface area (Å²) < 4.78 is 16.2. The molecule has 1 aromatic rings. The SMILES string of the molecule is CC(C)COc1ccc([B-]23OC(=O)C[C+]2CC(=O)O3)nc1. The molecule has 1 aromatic heterocycles.